The summed E-state index contributed by atoms with van der Waals surface area (Å²) in [4.78, 5) is 28.6. The fourth-order valence-electron chi connectivity index (χ4n) is 4.31. The predicted octanol–water partition coefficient (Wildman–Crippen LogP) is 0.0462. The molecule has 4 heterocycles. The summed E-state index contributed by atoms with van der Waals surface area (Å²) in [6.07, 6.45) is 3.45. The average Bonchev–Trinajstić information content (AvgIpc) is 3.44. The van der Waals surface area contributed by atoms with Crippen LogP contribution in [0.15, 0.2) is 12.3 Å². The minimum atomic E-state index is -3.83. The molecule has 2 fully saturated rings. The number of sulfone groups is 1. The standard InChI is InChI=1S/C23H28N4O6S/c1-23(21(28)24-30,34(2,31)32)8-10-26-14-19-11-18(13-27(19)22(26)29)6-4-3-5-17-7-9-25(12-17)20-15-33-16-20/h11,13,17,20,30H,7-10,12,14-16H2,1-2H3,(H,24,28). The van der Waals surface area contributed by atoms with Crippen molar-refractivity contribution in [2.24, 2.45) is 5.92 Å². The SMILES string of the molecule is CC(CCN1Cc2cc(C#CC#CC3CCN(C4COC4)C3)cn2C1=O)(C(=O)NO)S(C)(=O)=O. The van der Waals surface area contributed by atoms with Crippen LogP contribution in [0.3, 0.4) is 0 Å². The van der Waals surface area contributed by atoms with Gasteiger partial charge in [-0.15, -0.1) is 0 Å². The zero-order valence-electron chi connectivity index (χ0n) is 19.2. The third-order valence-electron chi connectivity index (χ3n) is 6.89. The summed E-state index contributed by atoms with van der Waals surface area (Å²) in [6, 6.07) is 2.02. The van der Waals surface area contributed by atoms with E-state index in [1.165, 1.54) is 21.9 Å². The number of likely N-dealkylation sites (tertiary alicyclic amines) is 1. The second-order valence-electron chi connectivity index (χ2n) is 9.18. The molecule has 2 unspecified atom stereocenters. The molecular weight excluding hydrogens is 460 g/mol. The molecular formula is C23H28N4O6S. The molecule has 0 saturated carbocycles. The number of amides is 2. The highest BCUT2D eigenvalue weighted by Gasteiger charge is 2.44. The number of aromatic nitrogens is 1. The molecule has 2 amide bonds. The first-order valence-electron chi connectivity index (χ1n) is 11.1. The Labute approximate surface area is 199 Å². The molecule has 0 spiro atoms. The molecule has 2 N–H and O–H groups in total. The number of carbonyl (C=O) groups is 2. The van der Waals surface area contributed by atoms with Gasteiger partial charge < -0.3 is 9.64 Å². The summed E-state index contributed by atoms with van der Waals surface area (Å²) >= 11 is 0. The molecule has 34 heavy (non-hydrogen) atoms. The van der Waals surface area contributed by atoms with Crippen molar-refractivity contribution in [3.05, 3.63) is 23.5 Å². The van der Waals surface area contributed by atoms with Crippen LogP contribution in [0.5, 0.6) is 0 Å². The predicted molar refractivity (Wildman–Crippen MR) is 122 cm³/mol. The average molecular weight is 489 g/mol. The summed E-state index contributed by atoms with van der Waals surface area (Å²) < 4.78 is 29.1. The highest BCUT2D eigenvalue weighted by Crippen LogP contribution is 2.25. The lowest BCUT2D eigenvalue weighted by molar-refractivity contribution is -0.131. The molecule has 3 aliphatic heterocycles. The lowest BCUT2D eigenvalue weighted by atomic mass is 10.1. The van der Waals surface area contributed by atoms with Crippen molar-refractivity contribution >= 4 is 21.8 Å². The van der Waals surface area contributed by atoms with Crippen LogP contribution >= 0.6 is 0 Å². The van der Waals surface area contributed by atoms with Crippen molar-refractivity contribution < 1.29 is 28.0 Å². The van der Waals surface area contributed by atoms with Crippen LogP contribution in [0.4, 0.5) is 4.79 Å². The van der Waals surface area contributed by atoms with E-state index in [1.807, 2.05) is 0 Å². The van der Waals surface area contributed by atoms with Gasteiger partial charge in [-0.05, 0) is 44.2 Å². The fourth-order valence-corrected chi connectivity index (χ4v) is 5.16. The molecule has 11 heteroatoms. The number of hydrogen-bond donors (Lipinski definition) is 2. The first-order valence-corrected chi connectivity index (χ1v) is 13.0. The molecule has 182 valence electrons. The van der Waals surface area contributed by atoms with Crippen LogP contribution in [0.2, 0.25) is 0 Å². The molecule has 0 radical (unpaired) electrons. The molecule has 4 rings (SSSR count). The molecule has 1 aromatic heterocycles. The van der Waals surface area contributed by atoms with Crippen molar-refractivity contribution in [3.8, 4) is 23.7 Å². The molecule has 0 bridgehead atoms. The fraction of sp³-hybridized carbons (Fsp3) is 0.565. The van der Waals surface area contributed by atoms with E-state index < -0.39 is 20.5 Å². The Morgan fingerprint density at radius 3 is 2.74 bits per heavy atom. The normalized spacial score (nSPS) is 22.1. The number of rotatable bonds is 6. The van der Waals surface area contributed by atoms with Crippen molar-refractivity contribution in [1.29, 1.82) is 0 Å². The minimum absolute atomic E-state index is 0.0371. The van der Waals surface area contributed by atoms with Gasteiger partial charge in [-0.25, -0.2) is 18.7 Å². The number of hydroxylamine groups is 1. The smallest absolute Gasteiger partial charge is 0.328 e. The van der Waals surface area contributed by atoms with Crippen LogP contribution in [0, 0.1) is 29.6 Å². The van der Waals surface area contributed by atoms with E-state index >= 15 is 0 Å². The van der Waals surface area contributed by atoms with E-state index in [9.17, 15) is 18.0 Å². The zero-order valence-corrected chi connectivity index (χ0v) is 20.0. The second-order valence-corrected chi connectivity index (χ2v) is 11.6. The lowest BCUT2D eigenvalue weighted by Crippen LogP contribution is -2.50. The largest absolute Gasteiger partial charge is 0.378 e. The third-order valence-corrected chi connectivity index (χ3v) is 8.92. The van der Waals surface area contributed by atoms with Gasteiger partial charge in [0.2, 0.25) is 0 Å². The van der Waals surface area contributed by atoms with E-state index in [-0.39, 0.29) is 25.5 Å². The summed E-state index contributed by atoms with van der Waals surface area (Å²) in [6.45, 7) is 5.15. The molecule has 0 aromatic carbocycles. The van der Waals surface area contributed by atoms with Gasteiger partial charge in [0.05, 0.1) is 25.8 Å². The van der Waals surface area contributed by atoms with Gasteiger partial charge in [-0.3, -0.25) is 19.5 Å². The van der Waals surface area contributed by atoms with Gasteiger partial charge >= 0.3 is 6.03 Å². The van der Waals surface area contributed by atoms with Gasteiger partial charge in [-0.1, -0.05) is 11.8 Å². The Balaban J connectivity index is 1.33. The van der Waals surface area contributed by atoms with Crippen LogP contribution in [-0.4, -0.2) is 89.8 Å². The summed E-state index contributed by atoms with van der Waals surface area (Å²) in [5, 5.41) is 8.94. The Morgan fingerprint density at radius 2 is 2.12 bits per heavy atom. The van der Waals surface area contributed by atoms with E-state index in [1.54, 1.807) is 12.3 Å². The number of nitrogens with zero attached hydrogens (tertiary/aromatic N) is 3. The summed E-state index contributed by atoms with van der Waals surface area (Å²) in [5.41, 5.74) is 2.82. The van der Waals surface area contributed by atoms with Crippen LogP contribution in [0.1, 0.15) is 31.0 Å². The van der Waals surface area contributed by atoms with Crippen LogP contribution in [-0.2, 0) is 25.9 Å². The molecule has 2 atom stereocenters. The van der Waals surface area contributed by atoms with Crippen molar-refractivity contribution in [3.63, 3.8) is 0 Å². The summed E-state index contributed by atoms with van der Waals surface area (Å²) in [7, 11) is -3.83. The summed E-state index contributed by atoms with van der Waals surface area (Å²) in [5.74, 6) is 11.3. The number of carbonyl (C=O) groups excluding carboxylic acids is 2. The van der Waals surface area contributed by atoms with Crippen LogP contribution < -0.4 is 5.48 Å². The molecule has 0 aliphatic carbocycles. The van der Waals surface area contributed by atoms with Crippen molar-refractivity contribution in [2.45, 2.75) is 37.1 Å². The molecule has 3 aliphatic rings. The minimum Gasteiger partial charge on any atom is -0.378 e. The number of nitrogens with one attached hydrogen (secondary N) is 1. The first kappa shape index (κ1) is 24.3. The first-order chi connectivity index (χ1) is 16.1. The number of ether oxygens (including phenoxy) is 1. The Hall–Kier alpha value is -2.83. The Kier molecular flexibility index (Phi) is 6.74. The van der Waals surface area contributed by atoms with E-state index in [4.69, 9.17) is 9.94 Å². The molecule has 10 nitrogen and oxygen atoms in total. The number of hydrogen-bond acceptors (Lipinski definition) is 7. The maximum atomic E-state index is 12.7. The third kappa shape index (κ3) is 4.70. The lowest BCUT2D eigenvalue weighted by Gasteiger charge is -2.34. The second kappa shape index (κ2) is 9.43. The Bertz CT molecular complexity index is 1210. The topological polar surface area (TPSA) is 121 Å². The highest BCUT2D eigenvalue weighted by molar-refractivity contribution is 7.92. The van der Waals surface area contributed by atoms with E-state index in [0.717, 1.165) is 44.7 Å². The highest BCUT2D eigenvalue weighted by atomic mass is 32.2. The van der Waals surface area contributed by atoms with E-state index in [0.29, 0.717) is 17.5 Å². The number of fused-ring (bicyclic) bond motifs is 1. The Morgan fingerprint density at radius 1 is 1.35 bits per heavy atom. The van der Waals surface area contributed by atoms with Gasteiger partial charge in [-0.2, -0.15) is 0 Å². The maximum absolute atomic E-state index is 12.7. The quantitative estimate of drug-likeness (QED) is 0.330. The monoisotopic (exact) mass is 488 g/mol. The van der Waals surface area contributed by atoms with Gasteiger partial charge in [0.25, 0.3) is 5.91 Å². The van der Waals surface area contributed by atoms with Gasteiger partial charge in [0, 0.05) is 42.7 Å². The zero-order chi connectivity index (χ0) is 24.5. The molecule has 2 saturated heterocycles. The van der Waals surface area contributed by atoms with Gasteiger partial charge in [0.1, 0.15) is 0 Å². The van der Waals surface area contributed by atoms with Crippen molar-refractivity contribution in [2.75, 3.05) is 39.1 Å². The molecule has 1 aromatic rings. The van der Waals surface area contributed by atoms with E-state index in [2.05, 4.69) is 28.6 Å². The van der Waals surface area contributed by atoms with Crippen LogP contribution in [0.25, 0.3) is 0 Å². The van der Waals surface area contributed by atoms with Crippen molar-refractivity contribution in [1.82, 2.24) is 19.8 Å². The van der Waals surface area contributed by atoms with Gasteiger partial charge in [0.15, 0.2) is 14.6 Å². The maximum Gasteiger partial charge on any atom is 0.328 e.